The van der Waals surface area contributed by atoms with Crippen LogP contribution < -0.4 is 4.90 Å². The third-order valence-electron chi connectivity index (χ3n) is 4.73. The lowest BCUT2D eigenvalue weighted by Gasteiger charge is -2.36. The average Bonchev–Trinajstić information content (AvgIpc) is 2.63. The van der Waals surface area contributed by atoms with Gasteiger partial charge in [-0.3, -0.25) is 4.90 Å². The third kappa shape index (κ3) is 3.08. The zero-order chi connectivity index (χ0) is 15.5. The van der Waals surface area contributed by atoms with Crippen LogP contribution in [0.5, 0.6) is 0 Å². The maximum atomic E-state index is 2.55. The van der Waals surface area contributed by atoms with Gasteiger partial charge in [-0.25, -0.2) is 0 Å². The van der Waals surface area contributed by atoms with Gasteiger partial charge in [-0.05, 0) is 17.0 Å². The summed E-state index contributed by atoms with van der Waals surface area (Å²) in [6.45, 7) is 5.50. The van der Waals surface area contributed by atoms with E-state index in [0.29, 0.717) is 0 Å². The number of anilines is 1. The van der Waals surface area contributed by atoms with Gasteiger partial charge < -0.3 is 4.90 Å². The van der Waals surface area contributed by atoms with Crippen molar-refractivity contribution in [1.82, 2.24) is 4.90 Å². The summed E-state index contributed by atoms with van der Waals surface area (Å²) < 4.78 is 0. The molecule has 1 saturated heterocycles. The van der Waals surface area contributed by atoms with E-state index >= 15 is 0 Å². The van der Waals surface area contributed by atoms with Crippen molar-refractivity contribution >= 4 is 16.5 Å². The maximum Gasteiger partial charge on any atom is 0.0446 e. The lowest BCUT2D eigenvalue weighted by atomic mass is 10.1. The highest BCUT2D eigenvalue weighted by molar-refractivity contribution is 5.94. The zero-order valence-electron chi connectivity index (χ0n) is 13.4. The van der Waals surface area contributed by atoms with E-state index < -0.39 is 0 Å². The molecule has 1 aliphatic heterocycles. The summed E-state index contributed by atoms with van der Waals surface area (Å²) in [6, 6.07) is 26.1. The first kappa shape index (κ1) is 14.3. The Hall–Kier alpha value is -2.32. The second kappa shape index (κ2) is 6.43. The average molecular weight is 302 g/mol. The summed E-state index contributed by atoms with van der Waals surface area (Å²) >= 11 is 0. The van der Waals surface area contributed by atoms with Crippen LogP contribution in [0.15, 0.2) is 72.8 Å². The monoisotopic (exact) mass is 302 g/mol. The second-order valence-electron chi connectivity index (χ2n) is 6.25. The first-order valence-corrected chi connectivity index (χ1v) is 8.39. The highest BCUT2D eigenvalue weighted by atomic mass is 15.3. The van der Waals surface area contributed by atoms with Crippen LogP contribution in [0.25, 0.3) is 10.8 Å². The molecule has 1 heterocycles. The van der Waals surface area contributed by atoms with Crippen molar-refractivity contribution in [3.63, 3.8) is 0 Å². The van der Waals surface area contributed by atoms with Crippen molar-refractivity contribution in [2.75, 3.05) is 31.1 Å². The van der Waals surface area contributed by atoms with Gasteiger partial charge in [0.1, 0.15) is 0 Å². The molecule has 1 fully saturated rings. The number of benzene rings is 3. The Morgan fingerprint density at radius 1 is 0.652 bits per heavy atom. The van der Waals surface area contributed by atoms with Crippen LogP contribution >= 0.6 is 0 Å². The predicted octanol–water partition coefficient (Wildman–Crippen LogP) is 4.16. The molecule has 23 heavy (non-hydrogen) atoms. The summed E-state index contributed by atoms with van der Waals surface area (Å²) in [4.78, 5) is 5.08. The summed E-state index contributed by atoms with van der Waals surface area (Å²) in [5, 5.41) is 2.70. The van der Waals surface area contributed by atoms with Crippen molar-refractivity contribution in [2.24, 2.45) is 0 Å². The van der Waals surface area contributed by atoms with E-state index in [1.165, 1.54) is 22.0 Å². The van der Waals surface area contributed by atoms with Crippen LogP contribution in [0, 0.1) is 0 Å². The summed E-state index contributed by atoms with van der Waals surface area (Å²) in [5.74, 6) is 0. The molecule has 0 radical (unpaired) electrons. The fourth-order valence-electron chi connectivity index (χ4n) is 3.47. The first-order chi connectivity index (χ1) is 11.4. The van der Waals surface area contributed by atoms with Gasteiger partial charge in [0.15, 0.2) is 0 Å². The van der Waals surface area contributed by atoms with Gasteiger partial charge in [0.2, 0.25) is 0 Å². The molecular formula is C21H22N2. The minimum atomic E-state index is 1.06. The molecule has 116 valence electrons. The van der Waals surface area contributed by atoms with Gasteiger partial charge in [0, 0.05) is 43.8 Å². The second-order valence-corrected chi connectivity index (χ2v) is 6.25. The van der Waals surface area contributed by atoms with E-state index in [-0.39, 0.29) is 0 Å². The van der Waals surface area contributed by atoms with Gasteiger partial charge >= 0.3 is 0 Å². The van der Waals surface area contributed by atoms with E-state index in [1.807, 2.05) is 0 Å². The number of nitrogens with zero attached hydrogens (tertiary/aromatic N) is 2. The fourth-order valence-corrected chi connectivity index (χ4v) is 3.47. The lowest BCUT2D eigenvalue weighted by Crippen LogP contribution is -2.46. The van der Waals surface area contributed by atoms with E-state index in [9.17, 15) is 0 Å². The Morgan fingerprint density at radius 2 is 1.35 bits per heavy atom. The van der Waals surface area contributed by atoms with Crippen molar-refractivity contribution in [2.45, 2.75) is 6.54 Å². The molecule has 0 aliphatic carbocycles. The van der Waals surface area contributed by atoms with Gasteiger partial charge in [-0.15, -0.1) is 0 Å². The maximum absolute atomic E-state index is 2.55. The molecule has 3 aromatic rings. The molecule has 0 unspecified atom stereocenters. The Labute approximate surface area is 138 Å². The minimum absolute atomic E-state index is 1.06. The zero-order valence-corrected chi connectivity index (χ0v) is 13.4. The summed E-state index contributed by atoms with van der Waals surface area (Å²) in [5.41, 5.74) is 2.79. The van der Waals surface area contributed by atoms with E-state index in [1.54, 1.807) is 0 Å². The minimum Gasteiger partial charge on any atom is -0.368 e. The molecule has 4 rings (SSSR count). The number of piperazine rings is 1. The Balaban J connectivity index is 1.47. The lowest BCUT2D eigenvalue weighted by molar-refractivity contribution is 0.250. The smallest absolute Gasteiger partial charge is 0.0446 e. The topological polar surface area (TPSA) is 6.48 Å². The molecule has 0 aromatic heterocycles. The van der Waals surface area contributed by atoms with E-state index in [2.05, 4.69) is 82.6 Å². The van der Waals surface area contributed by atoms with Crippen molar-refractivity contribution in [3.05, 3.63) is 78.4 Å². The van der Waals surface area contributed by atoms with Crippen molar-refractivity contribution in [1.29, 1.82) is 0 Å². The quantitative estimate of drug-likeness (QED) is 0.717. The number of rotatable bonds is 3. The molecular weight excluding hydrogens is 280 g/mol. The number of fused-ring (bicyclic) bond motifs is 1. The molecule has 0 bridgehead atoms. The van der Waals surface area contributed by atoms with Crippen LogP contribution in [0.4, 0.5) is 5.69 Å². The summed E-state index contributed by atoms with van der Waals surface area (Å²) in [7, 11) is 0. The Kier molecular flexibility index (Phi) is 3.99. The Bertz CT molecular complexity index is 769. The molecule has 2 heteroatoms. The van der Waals surface area contributed by atoms with Crippen molar-refractivity contribution < 1.29 is 0 Å². The molecule has 3 aromatic carbocycles. The number of hydrogen-bond donors (Lipinski definition) is 0. The predicted molar refractivity (Wildman–Crippen MR) is 97.9 cm³/mol. The highest BCUT2D eigenvalue weighted by Crippen LogP contribution is 2.27. The molecule has 0 amide bonds. The SMILES string of the molecule is c1ccc(CN2CCN(c3cccc4ccccc34)CC2)cc1. The van der Waals surface area contributed by atoms with Gasteiger partial charge in [0.25, 0.3) is 0 Å². The van der Waals surface area contributed by atoms with Gasteiger partial charge in [0.05, 0.1) is 0 Å². The molecule has 0 N–H and O–H groups in total. The van der Waals surface area contributed by atoms with Crippen LogP contribution in [0.1, 0.15) is 5.56 Å². The van der Waals surface area contributed by atoms with Crippen molar-refractivity contribution in [3.8, 4) is 0 Å². The molecule has 0 atom stereocenters. The highest BCUT2D eigenvalue weighted by Gasteiger charge is 2.18. The van der Waals surface area contributed by atoms with Crippen LogP contribution in [-0.4, -0.2) is 31.1 Å². The van der Waals surface area contributed by atoms with Crippen LogP contribution in [0.3, 0.4) is 0 Å². The Morgan fingerprint density at radius 3 is 2.17 bits per heavy atom. The van der Waals surface area contributed by atoms with Crippen LogP contribution in [0.2, 0.25) is 0 Å². The van der Waals surface area contributed by atoms with Gasteiger partial charge in [-0.1, -0.05) is 66.7 Å². The normalized spacial score (nSPS) is 15.9. The van der Waals surface area contributed by atoms with E-state index in [4.69, 9.17) is 0 Å². The molecule has 0 spiro atoms. The van der Waals surface area contributed by atoms with E-state index in [0.717, 1.165) is 32.7 Å². The standard InChI is InChI=1S/C21H22N2/c1-2-7-18(8-3-1)17-22-13-15-23(16-14-22)21-12-6-10-19-9-4-5-11-20(19)21/h1-12H,13-17H2. The molecule has 0 saturated carbocycles. The summed E-state index contributed by atoms with van der Waals surface area (Å²) in [6.07, 6.45) is 0. The third-order valence-corrected chi connectivity index (χ3v) is 4.73. The number of hydrogen-bond acceptors (Lipinski definition) is 2. The molecule has 2 nitrogen and oxygen atoms in total. The van der Waals surface area contributed by atoms with Gasteiger partial charge in [-0.2, -0.15) is 0 Å². The van der Waals surface area contributed by atoms with Crippen LogP contribution in [-0.2, 0) is 6.54 Å². The molecule has 1 aliphatic rings. The largest absolute Gasteiger partial charge is 0.368 e. The fraction of sp³-hybridized carbons (Fsp3) is 0.238. The first-order valence-electron chi connectivity index (χ1n) is 8.39.